The molecule has 1 N–H and O–H groups in total. The minimum absolute atomic E-state index is 0.139. The summed E-state index contributed by atoms with van der Waals surface area (Å²) in [4.78, 5) is 4.57. The number of hydrogen-bond acceptors (Lipinski definition) is 5. The molecule has 0 aliphatic carbocycles. The monoisotopic (exact) mass is 336 g/mol. The maximum absolute atomic E-state index is 10.2. The third-order valence-electron chi connectivity index (χ3n) is 4.21. The van der Waals surface area contributed by atoms with Gasteiger partial charge in [-0.3, -0.25) is 0 Å². The SMILES string of the molecule is CC(C)OCC(O)CN(c1ccc(N2CCOCC2)cc1)C(C)C. The zero-order valence-corrected chi connectivity index (χ0v) is 15.4. The van der Waals surface area contributed by atoms with Gasteiger partial charge in [-0.2, -0.15) is 0 Å². The van der Waals surface area contributed by atoms with Gasteiger partial charge in [0.15, 0.2) is 0 Å². The molecule has 0 aromatic heterocycles. The van der Waals surface area contributed by atoms with Crippen LogP contribution in [0.3, 0.4) is 0 Å². The Labute approximate surface area is 146 Å². The van der Waals surface area contributed by atoms with Gasteiger partial charge in [-0.15, -0.1) is 0 Å². The van der Waals surface area contributed by atoms with E-state index in [1.165, 1.54) is 5.69 Å². The van der Waals surface area contributed by atoms with Crippen LogP contribution in [-0.4, -0.2) is 62.8 Å². The van der Waals surface area contributed by atoms with Gasteiger partial charge in [-0.25, -0.2) is 0 Å². The molecule has 0 amide bonds. The highest BCUT2D eigenvalue weighted by atomic mass is 16.5. The van der Waals surface area contributed by atoms with Gasteiger partial charge >= 0.3 is 0 Å². The number of hydrogen-bond donors (Lipinski definition) is 1. The summed E-state index contributed by atoms with van der Waals surface area (Å²) in [6.07, 6.45) is -0.353. The number of benzene rings is 1. The molecule has 0 saturated carbocycles. The average Bonchev–Trinajstić information content (AvgIpc) is 2.58. The van der Waals surface area contributed by atoms with Gasteiger partial charge in [0.05, 0.1) is 32.0 Å². The van der Waals surface area contributed by atoms with Crippen LogP contribution in [0.15, 0.2) is 24.3 Å². The first kappa shape index (κ1) is 19.0. The van der Waals surface area contributed by atoms with E-state index >= 15 is 0 Å². The molecular formula is C19H32N2O3. The van der Waals surface area contributed by atoms with Crippen molar-refractivity contribution in [3.63, 3.8) is 0 Å². The van der Waals surface area contributed by atoms with Gasteiger partial charge in [-0.1, -0.05) is 0 Å². The first-order valence-corrected chi connectivity index (χ1v) is 8.96. The van der Waals surface area contributed by atoms with Gasteiger partial charge in [0.2, 0.25) is 0 Å². The Kier molecular flexibility index (Phi) is 7.34. The lowest BCUT2D eigenvalue weighted by atomic mass is 10.2. The van der Waals surface area contributed by atoms with Crippen LogP contribution < -0.4 is 9.80 Å². The van der Waals surface area contributed by atoms with Crippen molar-refractivity contribution in [2.24, 2.45) is 0 Å². The van der Waals surface area contributed by atoms with Gasteiger partial charge in [0, 0.05) is 37.1 Å². The molecular weight excluding hydrogens is 304 g/mol. The van der Waals surface area contributed by atoms with E-state index in [0.717, 1.165) is 32.0 Å². The molecule has 1 aliphatic rings. The van der Waals surface area contributed by atoms with E-state index in [9.17, 15) is 5.11 Å². The van der Waals surface area contributed by atoms with Crippen LogP contribution >= 0.6 is 0 Å². The van der Waals surface area contributed by atoms with Crippen molar-refractivity contribution in [1.82, 2.24) is 0 Å². The highest BCUT2D eigenvalue weighted by Gasteiger charge is 2.17. The van der Waals surface area contributed by atoms with Crippen LogP contribution in [0.5, 0.6) is 0 Å². The summed E-state index contributed by atoms with van der Waals surface area (Å²) in [5.41, 5.74) is 2.36. The van der Waals surface area contributed by atoms with E-state index in [1.807, 2.05) is 13.8 Å². The summed E-state index contributed by atoms with van der Waals surface area (Å²) in [5, 5.41) is 10.2. The van der Waals surface area contributed by atoms with E-state index in [0.29, 0.717) is 19.2 Å². The minimum atomic E-state index is -0.492. The lowest BCUT2D eigenvalue weighted by molar-refractivity contribution is 0.00848. The fraction of sp³-hybridized carbons (Fsp3) is 0.684. The molecule has 1 aromatic rings. The molecule has 1 aromatic carbocycles. The quantitative estimate of drug-likeness (QED) is 0.790. The van der Waals surface area contributed by atoms with E-state index in [2.05, 4.69) is 47.9 Å². The summed E-state index contributed by atoms with van der Waals surface area (Å²) in [5.74, 6) is 0. The molecule has 0 spiro atoms. The van der Waals surface area contributed by atoms with Crippen LogP contribution in [0.4, 0.5) is 11.4 Å². The predicted molar refractivity (Wildman–Crippen MR) is 99.1 cm³/mol. The molecule has 1 unspecified atom stereocenters. The van der Waals surface area contributed by atoms with Crippen LogP contribution in [0.2, 0.25) is 0 Å². The van der Waals surface area contributed by atoms with Crippen molar-refractivity contribution in [2.75, 3.05) is 49.3 Å². The smallest absolute Gasteiger partial charge is 0.0948 e. The summed E-state index contributed by atoms with van der Waals surface area (Å²) in [7, 11) is 0. The second-order valence-corrected chi connectivity index (χ2v) is 6.90. The lowest BCUT2D eigenvalue weighted by Crippen LogP contribution is -2.40. The predicted octanol–water partition coefficient (Wildman–Crippen LogP) is 2.52. The standard InChI is InChI=1S/C19H32N2O3/c1-15(2)21(13-19(22)14-24-16(3)4)18-7-5-17(6-8-18)20-9-11-23-12-10-20/h5-8,15-16,19,22H,9-14H2,1-4H3. The molecule has 1 fully saturated rings. The van der Waals surface area contributed by atoms with Crippen LogP contribution in [0.25, 0.3) is 0 Å². The van der Waals surface area contributed by atoms with E-state index in [-0.39, 0.29) is 6.10 Å². The Balaban J connectivity index is 1.99. The minimum Gasteiger partial charge on any atom is -0.389 e. The Bertz CT molecular complexity index is 470. The average molecular weight is 336 g/mol. The third kappa shape index (κ3) is 5.65. The summed E-state index contributed by atoms with van der Waals surface area (Å²) >= 11 is 0. The van der Waals surface area contributed by atoms with Crippen molar-refractivity contribution in [3.05, 3.63) is 24.3 Å². The topological polar surface area (TPSA) is 45.2 Å². The van der Waals surface area contributed by atoms with Gasteiger partial charge in [-0.05, 0) is 52.0 Å². The first-order valence-electron chi connectivity index (χ1n) is 8.96. The number of morpholine rings is 1. The van der Waals surface area contributed by atoms with Gasteiger partial charge in [0.25, 0.3) is 0 Å². The fourth-order valence-corrected chi connectivity index (χ4v) is 2.87. The summed E-state index contributed by atoms with van der Waals surface area (Å²) in [6, 6.07) is 8.91. The van der Waals surface area contributed by atoms with Gasteiger partial charge in [0.1, 0.15) is 0 Å². The normalized spacial score (nSPS) is 16.7. The molecule has 5 nitrogen and oxygen atoms in total. The molecule has 0 bridgehead atoms. The number of rotatable bonds is 8. The third-order valence-corrected chi connectivity index (χ3v) is 4.21. The number of aliphatic hydroxyl groups is 1. The largest absolute Gasteiger partial charge is 0.389 e. The second-order valence-electron chi connectivity index (χ2n) is 6.90. The second kappa shape index (κ2) is 9.25. The van der Waals surface area contributed by atoms with Crippen molar-refractivity contribution >= 4 is 11.4 Å². The first-order chi connectivity index (χ1) is 11.5. The molecule has 1 aliphatic heterocycles. The van der Waals surface area contributed by atoms with E-state index in [1.54, 1.807) is 0 Å². The number of aliphatic hydroxyl groups excluding tert-OH is 1. The molecule has 2 rings (SSSR count). The Morgan fingerprint density at radius 3 is 2.29 bits per heavy atom. The van der Waals surface area contributed by atoms with Crippen molar-refractivity contribution in [3.8, 4) is 0 Å². The van der Waals surface area contributed by atoms with E-state index < -0.39 is 6.10 Å². The van der Waals surface area contributed by atoms with Crippen molar-refractivity contribution < 1.29 is 14.6 Å². The highest BCUT2D eigenvalue weighted by Crippen LogP contribution is 2.23. The number of nitrogens with zero attached hydrogens (tertiary/aromatic N) is 2. The molecule has 136 valence electrons. The Morgan fingerprint density at radius 1 is 1.12 bits per heavy atom. The molecule has 24 heavy (non-hydrogen) atoms. The molecule has 1 heterocycles. The number of ether oxygens (including phenoxy) is 2. The summed E-state index contributed by atoms with van der Waals surface area (Å²) in [6.45, 7) is 12.7. The highest BCUT2D eigenvalue weighted by molar-refractivity contribution is 5.57. The maximum atomic E-state index is 10.2. The zero-order valence-electron chi connectivity index (χ0n) is 15.4. The Morgan fingerprint density at radius 2 is 1.75 bits per heavy atom. The fourth-order valence-electron chi connectivity index (χ4n) is 2.87. The van der Waals surface area contributed by atoms with Crippen LogP contribution in [0, 0.1) is 0 Å². The van der Waals surface area contributed by atoms with Crippen molar-refractivity contribution in [1.29, 1.82) is 0 Å². The molecule has 1 atom stereocenters. The molecule has 5 heteroatoms. The maximum Gasteiger partial charge on any atom is 0.0948 e. The van der Waals surface area contributed by atoms with Crippen LogP contribution in [0.1, 0.15) is 27.7 Å². The van der Waals surface area contributed by atoms with E-state index in [4.69, 9.17) is 9.47 Å². The molecule has 1 saturated heterocycles. The van der Waals surface area contributed by atoms with Crippen LogP contribution in [-0.2, 0) is 9.47 Å². The lowest BCUT2D eigenvalue weighted by Gasteiger charge is -2.32. The van der Waals surface area contributed by atoms with Gasteiger partial charge < -0.3 is 24.4 Å². The zero-order chi connectivity index (χ0) is 17.5. The summed E-state index contributed by atoms with van der Waals surface area (Å²) < 4.78 is 10.9. The Hall–Kier alpha value is -1.30. The molecule has 0 radical (unpaired) electrons. The number of anilines is 2. The van der Waals surface area contributed by atoms with Crippen molar-refractivity contribution in [2.45, 2.75) is 45.9 Å².